The van der Waals surface area contributed by atoms with Gasteiger partial charge in [-0.3, -0.25) is 4.90 Å². The first-order chi connectivity index (χ1) is 27.6. The highest BCUT2D eigenvalue weighted by molar-refractivity contribution is 5.88. The Bertz CT molecular complexity index is 1830. The van der Waals surface area contributed by atoms with Gasteiger partial charge in [-0.15, -0.1) is 0 Å². The van der Waals surface area contributed by atoms with E-state index in [1.54, 1.807) is 0 Å². The predicted octanol–water partition coefficient (Wildman–Crippen LogP) is 9.95. The number of aryl methyl sites for hydroxylation is 1. The molecular formula is C45H63F4N5O3. The minimum Gasteiger partial charge on any atom is -0.493 e. The summed E-state index contributed by atoms with van der Waals surface area (Å²) < 4.78 is 76.7. The average Bonchev–Trinajstić information content (AvgIpc) is 3.86. The third-order valence-electron chi connectivity index (χ3n) is 11.0. The molecule has 1 aromatic heterocycles. The second kappa shape index (κ2) is 21.8. The van der Waals surface area contributed by atoms with Crippen molar-refractivity contribution < 1.29 is 31.8 Å². The van der Waals surface area contributed by atoms with E-state index in [1.165, 1.54) is 18.9 Å². The fraction of sp³-hybridized carbons (Fsp3) is 0.578. The maximum absolute atomic E-state index is 14.2. The first-order valence-electron chi connectivity index (χ1n) is 21.2. The highest BCUT2D eigenvalue weighted by Crippen LogP contribution is 2.39. The van der Waals surface area contributed by atoms with Gasteiger partial charge in [-0.1, -0.05) is 53.2 Å². The summed E-state index contributed by atoms with van der Waals surface area (Å²) in [5.41, 5.74) is 2.30. The van der Waals surface area contributed by atoms with Gasteiger partial charge in [0.2, 0.25) is 0 Å². The highest BCUT2D eigenvalue weighted by Gasteiger charge is 2.34. The van der Waals surface area contributed by atoms with Crippen molar-refractivity contribution in [3.05, 3.63) is 71.0 Å². The van der Waals surface area contributed by atoms with Crippen molar-refractivity contribution in [3.8, 4) is 28.6 Å². The summed E-state index contributed by atoms with van der Waals surface area (Å²) in [7, 11) is 0. The first-order valence-corrected chi connectivity index (χ1v) is 21.2. The number of imidazole rings is 1. The lowest BCUT2D eigenvalue weighted by molar-refractivity contribution is -0.140. The molecule has 1 aliphatic rings. The van der Waals surface area contributed by atoms with Crippen molar-refractivity contribution in [3.63, 3.8) is 0 Å². The zero-order chi connectivity index (χ0) is 40.8. The summed E-state index contributed by atoms with van der Waals surface area (Å²) in [5, 5.41) is 0. The summed E-state index contributed by atoms with van der Waals surface area (Å²) in [6, 6.07) is 13.0. The van der Waals surface area contributed by atoms with E-state index in [1.807, 2.05) is 24.3 Å². The predicted molar refractivity (Wildman–Crippen MR) is 221 cm³/mol. The minimum absolute atomic E-state index is 0.179. The van der Waals surface area contributed by atoms with Crippen LogP contribution in [-0.2, 0) is 19.1 Å². The lowest BCUT2D eigenvalue weighted by atomic mass is 10.0. The number of aromatic nitrogens is 2. The van der Waals surface area contributed by atoms with Gasteiger partial charge in [-0.05, 0) is 113 Å². The first kappa shape index (κ1) is 44.2. The van der Waals surface area contributed by atoms with Crippen molar-refractivity contribution >= 4 is 11.0 Å². The summed E-state index contributed by atoms with van der Waals surface area (Å²) in [6.07, 6.45) is 1.40. The zero-order valence-corrected chi connectivity index (χ0v) is 34.7. The zero-order valence-electron chi connectivity index (χ0n) is 34.7. The summed E-state index contributed by atoms with van der Waals surface area (Å²) in [4.78, 5) is 12.4. The van der Waals surface area contributed by atoms with E-state index in [0.29, 0.717) is 43.4 Å². The highest BCUT2D eigenvalue weighted by atomic mass is 19.4. The third kappa shape index (κ3) is 12.3. The SMILES string of the molecule is CCCCn1c(-c2ccc(Cc3ccc(F)c(C(F)(F)F)c3)cc2OCCN2CCCC2)nc2c(OCCCN(CC)CC)cc(OCCCN(CC)CC)cc21. The smallest absolute Gasteiger partial charge is 0.419 e. The summed E-state index contributed by atoms with van der Waals surface area (Å²) in [5.74, 6) is 1.47. The molecular weight excluding hydrogens is 735 g/mol. The van der Waals surface area contributed by atoms with E-state index in [2.05, 4.69) is 60.0 Å². The van der Waals surface area contributed by atoms with Crippen LogP contribution in [0.3, 0.4) is 0 Å². The second-order valence-corrected chi connectivity index (χ2v) is 14.9. The van der Waals surface area contributed by atoms with Gasteiger partial charge < -0.3 is 28.6 Å². The maximum atomic E-state index is 14.2. The molecule has 0 atom stereocenters. The molecule has 3 aromatic carbocycles. The van der Waals surface area contributed by atoms with E-state index < -0.39 is 17.6 Å². The van der Waals surface area contributed by atoms with Crippen LogP contribution < -0.4 is 14.2 Å². The van der Waals surface area contributed by atoms with E-state index in [-0.39, 0.29) is 6.42 Å². The van der Waals surface area contributed by atoms with Crippen LogP contribution >= 0.6 is 0 Å². The molecule has 0 N–H and O–H groups in total. The summed E-state index contributed by atoms with van der Waals surface area (Å²) >= 11 is 0. The molecule has 12 heteroatoms. The maximum Gasteiger partial charge on any atom is 0.419 e. The molecule has 1 aliphatic heterocycles. The largest absolute Gasteiger partial charge is 0.493 e. The number of nitrogens with zero attached hydrogens (tertiary/aromatic N) is 5. The second-order valence-electron chi connectivity index (χ2n) is 14.9. The number of likely N-dealkylation sites (tertiary alicyclic amines) is 1. The normalized spacial score (nSPS) is 13.7. The van der Waals surface area contributed by atoms with Gasteiger partial charge in [0.15, 0.2) is 5.75 Å². The number of rotatable bonds is 24. The van der Waals surface area contributed by atoms with Crippen LogP contribution in [0.5, 0.6) is 17.2 Å². The van der Waals surface area contributed by atoms with E-state index >= 15 is 0 Å². The quantitative estimate of drug-likeness (QED) is 0.0517. The van der Waals surface area contributed by atoms with Crippen LogP contribution in [-0.4, -0.2) is 103 Å². The minimum atomic E-state index is -4.78. The molecule has 314 valence electrons. The van der Waals surface area contributed by atoms with Crippen LogP contribution in [0.1, 0.15) is 89.8 Å². The molecule has 5 rings (SSSR count). The molecule has 0 spiro atoms. The Balaban J connectivity index is 1.54. The molecule has 0 radical (unpaired) electrons. The number of benzene rings is 3. The van der Waals surface area contributed by atoms with Crippen molar-refractivity contribution in [2.45, 2.75) is 92.3 Å². The fourth-order valence-corrected chi connectivity index (χ4v) is 7.54. The number of fused-ring (bicyclic) bond motifs is 1. The number of alkyl halides is 3. The molecule has 4 aromatic rings. The molecule has 0 bridgehead atoms. The Hall–Kier alpha value is -3.87. The Kier molecular flexibility index (Phi) is 16.9. The van der Waals surface area contributed by atoms with Crippen LogP contribution in [0.15, 0.2) is 48.5 Å². The van der Waals surface area contributed by atoms with Crippen LogP contribution in [0.25, 0.3) is 22.4 Å². The van der Waals surface area contributed by atoms with Gasteiger partial charge in [0.25, 0.3) is 0 Å². The Morgan fingerprint density at radius 2 is 1.33 bits per heavy atom. The number of hydrogen-bond donors (Lipinski definition) is 0. The molecule has 57 heavy (non-hydrogen) atoms. The Morgan fingerprint density at radius 3 is 1.98 bits per heavy atom. The van der Waals surface area contributed by atoms with Gasteiger partial charge in [0.1, 0.15) is 35.3 Å². The molecule has 0 amide bonds. The molecule has 1 fully saturated rings. The fourth-order valence-electron chi connectivity index (χ4n) is 7.54. The van der Waals surface area contributed by atoms with Crippen LogP contribution in [0.4, 0.5) is 17.6 Å². The molecule has 1 saturated heterocycles. The van der Waals surface area contributed by atoms with Gasteiger partial charge in [0.05, 0.1) is 29.9 Å². The van der Waals surface area contributed by atoms with Gasteiger partial charge in [0, 0.05) is 38.3 Å². The number of hydrogen-bond acceptors (Lipinski definition) is 7. The van der Waals surface area contributed by atoms with Crippen molar-refractivity contribution in [1.29, 1.82) is 0 Å². The van der Waals surface area contributed by atoms with E-state index in [0.717, 1.165) is 130 Å². The van der Waals surface area contributed by atoms with E-state index in [4.69, 9.17) is 19.2 Å². The van der Waals surface area contributed by atoms with Crippen LogP contribution in [0, 0.1) is 5.82 Å². The number of ether oxygens (including phenoxy) is 3. The Labute approximate surface area is 337 Å². The van der Waals surface area contributed by atoms with Crippen molar-refractivity contribution in [2.75, 3.05) is 78.7 Å². The van der Waals surface area contributed by atoms with Crippen molar-refractivity contribution in [1.82, 2.24) is 24.3 Å². The molecule has 0 unspecified atom stereocenters. The average molecular weight is 798 g/mol. The monoisotopic (exact) mass is 797 g/mol. The lowest BCUT2D eigenvalue weighted by Gasteiger charge is -2.19. The molecule has 0 aliphatic carbocycles. The topological polar surface area (TPSA) is 55.2 Å². The van der Waals surface area contributed by atoms with Gasteiger partial charge in [-0.25, -0.2) is 9.37 Å². The van der Waals surface area contributed by atoms with Gasteiger partial charge in [-0.2, -0.15) is 13.2 Å². The molecule has 2 heterocycles. The standard InChI is InChI=1S/C45H63F4N5O3/c1-6-11-24-54-40-32-36(55-26-14-22-51(7-2)8-3)33-42(56-27-15-23-52(9-4)10-5)43(40)50-44(54)37-18-16-35(31-41(37)57-28-25-53-20-12-13-21-53)29-34-17-19-39(46)38(30-34)45(47,48)49/h16-19,30-33H,6-15,20-29H2,1-5H3. The number of unbranched alkanes of at least 4 members (excludes halogenated alkanes) is 1. The van der Waals surface area contributed by atoms with Gasteiger partial charge >= 0.3 is 6.18 Å². The molecule has 0 saturated carbocycles. The van der Waals surface area contributed by atoms with Crippen molar-refractivity contribution in [2.24, 2.45) is 0 Å². The third-order valence-corrected chi connectivity index (χ3v) is 11.0. The molecule has 8 nitrogen and oxygen atoms in total. The Morgan fingerprint density at radius 1 is 0.702 bits per heavy atom. The number of halogens is 4. The lowest BCUT2D eigenvalue weighted by Crippen LogP contribution is -2.25. The van der Waals surface area contributed by atoms with E-state index in [9.17, 15) is 17.6 Å². The summed E-state index contributed by atoms with van der Waals surface area (Å²) in [6.45, 7) is 21.8. The van der Waals surface area contributed by atoms with Crippen LogP contribution in [0.2, 0.25) is 0 Å².